The zero-order valence-electron chi connectivity index (χ0n) is 14.0. The SMILES string of the molecule is CN(Cc1cccc(C#N)c1)C(=O)NCCc1cccc(C(N)=O)c1. The molecule has 2 aromatic rings. The molecule has 128 valence electrons. The number of benzene rings is 2. The van der Waals surface area contributed by atoms with Crippen molar-refractivity contribution in [3.63, 3.8) is 0 Å². The second-order valence-corrected chi connectivity index (χ2v) is 5.71. The van der Waals surface area contributed by atoms with Crippen molar-refractivity contribution in [2.75, 3.05) is 13.6 Å². The lowest BCUT2D eigenvalue weighted by atomic mass is 10.1. The number of hydrogen-bond donors (Lipinski definition) is 2. The normalized spacial score (nSPS) is 9.92. The molecule has 6 nitrogen and oxygen atoms in total. The summed E-state index contributed by atoms with van der Waals surface area (Å²) in [5.41, 5.74) is 8.11. The van der Waals surface area contributed by atoms with E-state index >= 15 is 0 Å². The predicted molar refractivity (Wildman–Crippen MR) is 94.7 cm³/mol. The Labute approximate surface area is 146 Å². The number of nitrogens with two attached hydrogens (primary N) is 1. The average Bonchev–Trinajstić information content (AvgIpc) is 2.62. The third-order valence-corrected chi connectivity index (χ3v) is 3.72. The summed E-state index contributed by atoms with van der Waals surface area (Å²) < 4.78 is 0. The Hall–Kier alpha value is -3.33. The van der Waals surface area contributed by atoms with Crippen molar-refractivity contribution >= 4 is 11.9 Å². The van der Waals surface area contributed by atoms with Gasteiger partial charge in [0, 0.05) is 25.7 Å². The van der Waals surface area contributed by atoms with Crippen molar-refractivity contribution in [1.29, 1.82) is 5.26 Å². The van der Waals surface area contributed by atoms with Gasteiger partial charge in [0.25, 0.3) is 0 Å². The van der Waals surface area contributed by atoms with Gasteiger partial charge in [-0.15, -0.1) is 0 Å². The van der Waals surface area contributed by atoms with Crippen LogP contribution >= 0.6 is 0 Å². The molecule has 0 aliphatic rings. The molecule has 0 aliphatic heterocycles. The third-order valence-electron chi connectivity index (χ3n) is 3.72. The van der Waals surface area contributed by atoms with Gasteiger partial charge >= 0.3 is 6.03 Å². The lowest BCUT2D eigenvalue weighted by Crippen LogP contribution is -2.37. The van der Waals surface area contributed by atoms with Gasteiger partial charge in [0.15, 0.2) is 0 Å². The first-order valence-electron chi connectivity index (χ1n) is 7.86. The van der Waals surface area contributed by atoms with Gasteiger partial charge in [0.05, 0.1) is 11.6 Å². The fourth-order valence-electron chi connectivity index (χ4n) is 2.41. The Morgan fingerprint density at radius 1 is 1.16 bits per heavy atom. The third kappa shape index (κ3) is 5.36. The Bertz CT molecular complexity index is 811. The molecule has 25 heavy (non-hydrogen) atoms. The fraction of sp³-hybridized carbons (Fsp3) is 0.211. The van der Waals surface area contributed by atoms with Crippen LogP contribution in [0.25, 0.3) is 0 Å². The fourth-order valence-corrected chi connectivity index (χ4v) is 2.41. The van der Waals surface area contributed by atoms with Gasteiger partial charge in [-0.1, -0.05) is 24.3 Å². The topological polar surface area (TPSA) is 99.2 Å². The van der Waals surface area contributed by atoms with Gasteiger partial charge in [-0.25, -0.2) is 4.79 Å². The molecule has 2 rings (SSSR count). The monoisotopic (exact) mass is 336 g/mol. The van der Waals surface area contributed by atoms with Crippen molar-refractivity contribution in [1.82, 2.24) is 10.2 Å². The summed E-state index contributed by atoms with van der Waals surface area (Å²) in [5, 5.41) is 11.7. The summed E-state index contributed by atoms with van der Waals surface area (Å²) in [6, 6.07) is 16.1. The standard InChI is InChI=1S/C19H20N4O2/c1-23(13-16-6-2-5-15(10-16)12-20)19(25)22-9-8-14-4-3-7-17(11-14)18(21)24/h2-7,10-11H,8-9,13H2,1H3,(H2,21,24)(H,22,25). The van der Waals surface area contributed by atoms with Crippen molar-refractivity contribution in [2.24, 2.45) is 5.73 Å². The molecule has 0 bridgehead atoms. The minimum Gasteiger partial charge on any atom is -0.366 e. The molecule has 3 amide bonds. The van der Waals surface area contributed by atoms with E-state index < -0.39 is 5.91 Å². The molecule has 0 spiro atoms. The summed E-state index contributed by atoms with van der Waals surface area (Å²) >= 11 is 0. The van der Waals surface area contributed by atoms with Crippen LogP contribution in [0.3, 0.4) is 0 Å². The van der Waals surface area contributed by atoms with Crippen LogP contribution in [0, 0.1) is 11.3 Å². The molecule has 0 heterocycles. The van der Waals surface area contributed by atoms with E-state index in [-0.39, 0.29) is 6.03 Å². The van der Waals surface area contributed by atoms with E-state index in [0.717, 1.165) is 11.1 Å². The summed E-state index contributed by atoms with van der Waals surface area (Å²) in [6.45, 7) is 0.863. The van der Waals surface area contributed by atoms with Crippen LogP contribution in [0.5, 0.6) is 0 Å². The number of carbonyl (C=O) groups is 2. The highest BCUT2D eigenvalue weighted by Gasteiger charge is 2.09. The first-order valence-corrected chi connectivity index (χ1v) is 7.86. The molecule has 0 radical (unpaired) electrons. The number of nitriles is 1. The van der Waals surface area contributed by atoms with Gasteiger partial charge in [-0.3, -0.25) is 4.79 Å². The van der Waals surface area contributed by atoms with Crippen LogP contribution < -0.4 is 11.1 Å². The Balaban J connectivity index is 1.84. The van der Waals surface area contributed by atoms with E-state index in [1.807, 2.05) is 12.1 Å². The summed E-state index contributed by atoms with van der Waals surface area (Å²) in [6.07, 6.45) is 0.602. The average molecular weight is 336 g/mol. The van der Waals surface area contributed by atoms with E-state index in [1.165, 1.54) is 0 Å². The van der Waals surface area contributed by atoms with Crippen LogP contribution in [-0.4, -0.2) is 30.4 Å². The first-order chi connectivity index (χ1) is 12.0. The highest BCUT2D eigenvalue weighted by atomic mass is 16.2. The Morgan fingerprint density at radius 3 is 2.60 bits per heavy atom. The van der Waals surface area contributed by atoms with Crippen LogP contribution in [0.15, 0.2) is 48.5 Å². The highest BCUT2D eigenvalue weighted by Crippen LogP contribution is 2.07. The summed E-state index contributed by atoms with van der Waals surface area (Å²) in [5.74, 6) is -0.467. The number of primary amides is 1. The van der Waals surface area contributed by atoms with E-state index in [4.69, 9.17) is 11.0 Å². The quantitative estimate of drug-likeness (QED) is 0.844. The minimum atomic E-state index is -0.467. The number of amides is 3. The van der Waals surface area contributed by atoms with E-state index in [1.54, 1.807) is 48.3 Å². The predicted octanol–water partition coefficient (Wildman–Crippen LogP) is 2.04. The molecular weight excluding hydrogens is 316 g/mol. The Kier molecular flexibility index (Phi) is 6.13. The molecule has 0 fully saturated rings. The van der Waals surface area contributed by atoms with Crippen molar-refractivity contribution in [3.8, 4) is 6.07 Å². The molecule has 0 aromatic heterocycles. The second kappa shape index (κ2) is 8.50. The minimum absolute atomic E-state index is 0.201. The zero-order chi connectivity index (χ0) is 18.2. The van der Waals surface area contributed by atoms with Gasteiger partial charge in [-0.05, 0) is 41.8 Å². The van der Waals surface area contributed by atoms with Crippen molar-refractivity contribution in [2.45, 2.75) is 13.0 Å². The lowest BCUT2D eigenvalue weighted by molar-refractivity contribution is 0.1000. The maximum absolute atomic E-state index is 12.1. The van der Waals surface area contributed by atoms with Crippen LogP contribution in [0.2, 0.25) is 0 Å². The van der Waals surface area contributed by atoms with Crippen molar-refractivity contribution in [3.05, 3.63) is 70.8 Å². The van der Waals surface area contributed by atoms with Crippen molar-refractivity contribution < 1.29 is 9.59 Å². The van der Waals surface area contributed by atoms with E-state index in [2.05, 4.69) is 11.4 Å². The molecule has 0 aliphatic carbocycles. The largest absolute Gasteiger partial charge is 0.366 e. The second-order valence-electron chi connectivity index (χ2n) is 5.71. The number of hydrogen-bond acceptors (Lipinski definition) is 3. The van der Waals surface area contributed by atoms with Gasteiger partial charge in [0.2, 0.25) is 5.91 Å². The summed E-state index contributed by atoms with van der Waals surface area (Å²) in [7, 11) is 1.70. The molecule has 0 saturated heterocycles. The highest BCUT2D eigenvalue weighted by molar-refractivity contribution is 5.92. The van der Waals surface area contributed by atoms with Gasteiger partial charge in [-0.2, -0.15) is 5.26 Å². The first kappa shape index (κ1) is 18.0. The van der Waals surface area contributed by atoms with Crippen LogP contribution in [0.1, 0.15) is 27.0 Å². The van der Waals surface area contributed by atoms with Crippen LogP contribution in [-0.2, 0) is 13.0 Å². The summed E-state index contributed by atoms with van der Waals surface area (Å²) in [4.78, 5) is 24.9. The lowest BCUT2D eigenvalue weighted by Gasteiger charge is -2.18. The maximum Gasteiger partial charge on any atom is 0.317 e. The molecular formula is C19H20N4O2. The smallest absolute Gasteiger partial charge is 0.317 e. The zero-order valence-corrected chi connectivity index (χ0v) is 14.0. The number of rotatable bonds is 6. The number of nitrogens with one attached hydrogen (secondary N) is 1. The van der Waals surface area contributed by atoms with Crippen LogP contribution in [0.4, 0.5) is 4.79 Å². The van der Waals surface area contributed by atoms with Gasteiger partial charge < -0.3 is 16.0 Å². The number of urea groups is 1. The molecule has 6 heteroatoms. The van der Waals surface area contributed by atoms with E-state index in [9.17, 15) is 9.59 Å². The molecule has 0 unspecified atom stereocenters. The number of carbonyl (C=O) groups excluding carboxylic acids is 2. The number of nitrogens with zero attached hydrogens (tertiary/aromatic N) is 2. The molecule has 0 saturated carbocycles. The molecule has 3 N–H and O–H groups in total. The van der Waals surface area contributed by atoms with E-state index in [0.29, 0.717) is 30.6 Å². The Morgan fingerprint density at radius 2 is 1.88 bits per heavy atom. The molecule has 0 atom stereocenters. The molecule has 2 aromatic carbocycles. The maximum atomic E-state index is 12.1. The van der Waals surface area contributed by atoms with Gasteiger partial charge in [0.1, 0.15) is 0 Å².